The first-order valence-corrected chi connectivity index (χ1v) is 11.6. The number of sulfonamides is 1. The third-order valence-electron chi connectivity index (χ3n) is 4.65. The van der Waals surface area contributed by atoms with E-state index >= 15 is 0 Å². The number of ether oxygens (including phenoxy) is 1. The molecule has 6 nitrogen and oxygen atoms in total. The Morgan fingerprint density at radius 3 is 2.52 bits per heavy atom. The van der Waals surface area contributed by atoms with Crippen molar-refractivity contribution in [2.75, 3.05) is 30.8 Å². The van der Waals surface area contributed by atoms with Gasteiger partial charge in [-0.25, -0.2) is 8.42 Å². The maximum atomic E-state index is 12.2. The highest BCUT2D eigenvalue weighted by Gasteiger charge is 2.20. The fourth-order valence-corrected chi connectivity index (χ4v) is 3.94. The summed E-state index contributed by atoms with van der Waals surface area (Å²) in [5, 5.41) is 2.99. The molecular formula is C20H34N2O4S. The predicted octanol–water partition coefficient (Wildman–Crippen LogP) is 3.57. The summed E-state index contributed by atoms with van der Waals surface area (Å²) in [6.07, 6.45) is 6.43. The van der Waals surface area contributed by atoms with Crippen LogP contribution >= 0.6 is 0 Å². The molecule has 0 radical (unpaired) electrons. The molecule has 0 aromatic heterocycles. The van der Waals surface area contributed by atoms with Crippen LogP contribution < -0.4 is 14.4 Å². The van der Waals surface area contributed by atoms with Crippen LogP contribution in [0, 0.1) is 5.92 Å². The minimum Gasteiger partial charge on any atom is -0.495 e. The number of hydrogen-bond acceptors (Lipinski definition) is 4. The molecule has 154 valence electrons. The molecule has 0 heterocycles. The van der Waals surface area contributed by atoms with Gasteiger partial charge in [-0.3, -0.25) is 9.10 Å². The summed E-state index contributed by atoms with van der Waals surface area (Å²) in [4.78, 5) is 12.1. The van der Waals surface area contributed by atoms with Gasteiger partial charge in [-0.05, 0) is 30.9 Å². The number of nitrogens with one attached hydrogen (secondary N) is 1. The zero-order valence-corrected chi connectivity index (χ0v) is 17.8. The third-order valence-corrected chi connectivity index (χ3v) is 5.83. The summed E-state index contributed by atoms with van der Waals surface area (Å²) in [7, 11) is -1.96. The smallest absolute Gasteiger partial charge is 0.232 e. The number of benzene rings is 1. The van der Waals surface area contributed by atoms with Crippen molar-refractivity contribution in [1.29, 1.82) is 0 Å². The number of amides is 1. The molecule has 0 fully saturated rings. The van der Waals surface area contributed by atoms with Crippen molar-refractivity contribution in [3.8, 4) is 5.75 Å². The van der Waals surface area contributed by atoms with E-state index in [1.54, 1.807) is 24.3 Å². The van der Waals surface area contributed by atoms with E-state index < -0.39 is 10.0 Å². The number of hydrogen-bond donors (Lipinski definition) is 1. The molecule has 1 rings (SSSR count). The van der Waals surface area contributed by atoms with Crippen LogP contribution in [0.25, 0.3) is 0 Å². The van der Waals surface area contributed by atoms with Gasteiger partial charge in [0.2, 0.25) is 15.9 Å². The van der Waals surface area contributed by atoms with Crippen LogP contribution in [0.1, 0.15) is 52.4 Å². The molecule has 0 spiro atoms. The van der Waals surface area contributed by atoms with Gasteiger partial charge in [0, 0.05) is 19.5 Å². The van der Waals surface area contributed by atoms with Gasteiger partial charge in [-0.1, -0.05) is 45.2 Å². The fraction of sp³-hybridized carbons (Fsp3) is 0.650. The lowest BCUT2D eigenvalue weighted by molar-refractivity contribution is -0.121. The molecule has 1 amide bonds. The zero-order valence-electron chi connectivity index (χ0n) is 17.0. The number of carbonyl (C=O) groups excluding carboxylic acids is 1. The van der Waals surface area contributed by atoms with Crippen LogP contribution in [0.5, 0.6) is 5.75 Å². The molecule has 0 aliphatic heterocycles. The van der Waals surface area contributed by atoms with Gasteiger partial charge in [-0.15, -0.1) is 0 Å². The Morgan fingerprint density at radius 2 is 1.93 bits per heavy atom. The van der Waals surface area contributed by atoms with Gasteiger partial charge in [0.1, 0.15) is 5.75 Å². The molecule has 0 aliphatic rings. The van der Waals surface area contributed by atoms with Crippen LogP contribution in [0.4, 0.5) is 5.69 Å². The van der Waals surface area contributed by atoms with E-state index in [2.05, 4.69) is 19.2 Å². The molecule has 1 atom stereocenters. The average Bonchev–Trinajstić information content (AvgIpc) is 2.64. The summed E-state index contributed by atoms with van der Waals surface area (Å²) >= 11 is 0. The lowest BCUT2D eigenvalue weighted by atomic mass is 9.99. The van der Waals surface area contributed by atoms with Gasteiger partial charge < -0.3 is 10.1 Å². The molecule has 0 aliphatic carbocycles. The van der Waals surface area contributed by atoms with Gasteiger partial charge >= 0.3 is 0 Å². The van der Waals surface area contributed by atoms with Gasteiger partial charge in [0.25, 0.3) is 0 Å². The second kappa shape index (κ2) is 11.8. The SMILES string of the molecule is CCCCC(CC)CNC(=O)CCCN(c1ccccc1OC)S(C)(=O)=O. The summed E-state index contributed by atoms with van der Waals surface area (Å²) in [6.45, 7) is 5.24. The maximum absolute atomic E-state index is 12.2. The maximum Gasteiger partial charge on any atom is 0.232 e. The van der Waals surface area contributed by atoms with Crippen LogP contribution in [-0.4, -0.2) is 40.8 Å². The highest BCUT2D eigenvalue weighted by Crippen LogP contribution is 2.29. The van der Waals surface area contributed by atoms with E-state index in [4.69, 9.17) is 4.74 Å². The fourth-order valence-electron chi connectivity index (χ4n) is 2.97. The van der Waals surface area contributed by atoms with Crippen LogP contribution in [0.3, 0.4) is 0 Å². The van der Waals surface area contributed by atoms with E-state index in [0.717, 1.165) is 19.3 Å². The summed E-state index contributed by atoms with van der Waals surface area (Å²) in [6, 6.07) is 6.99. The van der Waals surface area contributed by atoms with Gasteiger partial charge in [-0.2, -0.15) is 0 Å². The molecule has 1 unspecified atom stereocenters. The van der Waals surface area contributed by atoms with Crippen molar-refractivity contribution >= 4 is 21.6 Å². The number of anilines is 1. The van der Waals surface area contributed by atoms with Gasteiger partial charge in [0.05, 0.1) is 19.1 Å². The van der Waals surface area contributed by atoms with Crippen molar-refractivity contribution in [3.05, 3.63) is 24.3 Å². The van der Waals surface area contributed by atoms with Crippen molar-refractivity contribution in [1.82, 2.24) is 5.32 Å². The van der Waals surface area contributed by atoms with Crippen molar-refractivity contribution in [2.45, 2.75) is 52.4 Å². The first-order valence-electron chi connectivity index (χ1n) is 9.70. The van der Waals surface area contributed by atoms with E-state index in [1.807, 2.05) is 0 Å². The summed E-state index contributed by atoms with van der Waals surface area (Å²) in [5.74, 6) is 0.975. The Hall–Kier alpha value is -1.76. The Morgan fingerprint density at radius 1 is 1.22 bits per heavy atom. The normalized spacial score (nSPS) is 12.4. The quantitative estimate of drug-likeness (QED) is 0.551. The highest BCUT2D eigenvalue weighted by atomic mass is 32.2. The number of para-hydroxylation sites is 2. The summed E-state index contributed by atoms with van der Waals surface area (Å²) < 4.78 is 31.0. The van der Waals surface area contributed by atoms with E-state index in [1.165, 1.54) is 24.1 Å². The minimum absolute atomic E-state index is 0.0292. The number of nitrogens with zero attached hydrogens (tertiary/aromatic N) is 1. The van der Waals surface area contributed by atoms with E-state index in [-0.39, 0.29) is 12.5 Å². The Kier molecular flexibility index (Phi) is 10.2. The zero-order chi connectivity index (χ0) is 20.3. The van der Waals surface area contributed by atoms with Crippen LogP contribution in [0.15, 0.2) is 24.3 Å². The van der Waals surface area contributed by atoms with Gasteiger partial charge in [0.15, 0.2) is 0 Å². The topological polar surface area (TPSA) is 75.7 Å². The number of rotatable bonds is 13. The molecule has 1 aromatic rings. The Balaban J connectivity index is 2.59. The molecule has 0 bridgehead atoms. The Labute approximate surface area is 164 Å². The van der Waals surface area contributed by atoms with Crippen molar-refractivity contribution in [3.63, 3.8) is 0 Å². The molecule has 1 aromatic carbocycles. The van der Waals surface area contributed by atoms with E-state index in [9.17, 15) is 13.2 Å². The first kappa shape index (κ1) is 23.3. The molecule has 0 saturated carbocycles. The lowest BCUT2D eigenvalue weighted by Crippen LogP contribution is -2.33. The molecular weight excluding hydrogens is 364 g/mol. The van der Waals surface area contributed by atoms with Crippen LogP contribution in [-0.2, 0) is 14.8 Å². The molecule has 27 heavy (non-hydrogen) atoms. The highest BCUT2D eigenvalue weighted by molar-refractivity contribution is 7.92. The average molecular weight is 399 g/mol. The second-order valence-electron chi connectivity index (χ2n) is 6.83. The largest absolute Gasteiger partial charge is 0.495 e. The standard InChI is InChI=1S/C20H34N2O4S/c1-5-7-11-17(6-2)16-21-20(23)14-10-15-22(27(4,24)25)18-12-8-9-13-19(18)26-3/h8-9,12-13,17H,5-7,10-11,14-16H2,1-4H3,(H,21,23). The van der Waals surface area contributed by atoms with Crippen molar-refractivity contribution in [2.24, 2.45) is 5.92 Å². The van der Waals surface area contributed by atoms with Crippen LogP contribution in [0.2, 0.25) is 0 Å². The number of carbonyl (C=O) groups is 1. The predicted molar refractivity (Wildman–Crippen MR) is 111 cm³/mol. The van der Waals surface area contributed by atoms with E-state index in [0.29, 0.717) is 36.7 Å². The first-order chi connectivity index (χ1) is 12.8. The molecule has 1 N–H and O–H groups in total. The monoisotopic (exact) mass is 398 g/mol. The number of methoxy groups -OCH3 is 1. The molecule has 0 saturated heterocycles. The number of unbranched alkanes of at least 4 members (excludes halogenated alkanes) is 1. The Bertz CT molecular complexity index is 676. The second-order valence-corrected chi connectivity index (χ2v) is 8.74. The molecule has 7 heteroatoms. The summed E-state index contributed by atoms with van der Waals surface area (Å²) in [5.41, 5.74) is 0.494. The third kappa shape index (κ3) is 8.20. The van der Waals surface area contributed by atoms with Crippen molar-refractivity contribution < 1.29 is 17.9 Å². The minimum atomic E-state index is -3.47. The lowest BCUT2D eigenvalue weighted by Gasteiger charge is -2.24.